The summed E-state index contributed by atoms with van der Waals surface area (Å²) in [5, 5.41) is 7.32. The fourth-order valence-electron chi connectivity index (χ4n) is 3.02. The molecular formula is C19H19N5O. The van der Waals surface area contributed by atoms with E-state index in [4.69, 9.17) is 4.98 Å². The molecule has 126 valence electrons. The van der Waals surface area contributed by atoms with Gasteiger partial charge in [0.05, 0.1) is 5.69 Å². The molecule has 3 heterocycles. The molecule has 0 saturated heterocycles. The summed E-state index contributed by atoms with van der Waals surface area (Å²) in [5.74, 6) is 0.0785. The Bertz CT molecular complexity index is 1070. The van der Waals surface area contributed by atoms with Crippen LogP contribution in [0.4, 0.5) is 0 Å². The Hall–Kier alpha value is -3.15. The largest absolute Gasteiger partial charge is 0.296 e. The van der Waals surface area contributed by atoms with Crippen molar-refractivity contribution < 1.29 is 0 Å². The Kier molecular flexibility index (Phi) is 3.72. The summed E-state index contributed by atoms with van der Waals surface area (Å²) in [4.78, 5) is 17.3. The molecule has 1 atom stereocenters. The number of aromatic nitrogens is 5. The van der Waals surface area contributed by atoms with Crippen LogP contribution in [0.3, 0.4) is 0 Å². The van der Waals surface area contributed by atoms with Crippen molar-refractivity contribution >= 4 is 5.65 Å². The van der Waals surface area contributed by atoms with E-state index in [-0.39, 0.29) is 11.5 Å². The van der Waals surface area contributed by atoms with E-state index in [0.29, 0.717) is 12.2 Å². The lowest BCUT2D eigenvalue weighted by atomic mass is 10.1. The van der Waals surface area contributed by atoms with Crippen molar-refractivity contribution in [2.24, 2.45) is 0 Å². The summed E-state index contributed by atoms with van der Waals surface area (Å²) in [5.41, 5.74) is 4.36. The molecule has 6 heteroatoms. The Labute approximate surface area is 144 Å². The summed E-state index contributed by atoms with van der Waals surface area (Å²) in [6.07, 6.45) is 3.61. The van der Waals surface area contributed by atoms with E-state index < -0.39 is 0 Å². The zero-order chi connectivity index (χ0) is 17.4. The van der Waals surface area contributed by atoms with Crippen LogP contribution < -0.4 is 5.56 Å². The predicted molar refractivity (Wildman–Crippen MR) is 96.6 cm³/mol. The van der Waals surface area contributed by atoms with Crippen LogP contribution in [-0.2, 0) is 6.54 Å². The lowest BCUT2D eigenvalue weighted by molar-refractivity contribution is 0.523. The first-order chi connectivity index (χ1) is 12.1. The number of rotatable bonds is 4. The standard InChI is InChI=1S/C19H19N5O/c1-13(12-23-14(2)8-9-20-23)17-10-18(25)24-19(22-17)16(11-21-24)15-6-4-3-5-7-15/h3-11,13,21H,12H2,1-2H3/t13-/m1/s1. The molecule has 4 rings (SSSR count). The lowest BCUT2D eigenvalue weighted by Crippen LogP contribution is -2.18. The predicted octanol–water partition coefficient (Wildman–Crippen LogP) is 3.00. The molecule has 25 heavy (non-hydrogen) atoms. The maximum absolute atomic E-state index is 12.5. The minimum Gasteiger partial charge on any atom is -0.296 e. The van der Waals surface area contributed by atoms with Crippen LogP contribution in [0.25, 0.3) is 16.8 Å². The minimum absolute atomic E-state index is 0.0785. The highest BCUT2D eigenvalue weighted by atomic mass is 16.1. The summed E-state index contributed by atoms with van der Waals surface area (Å²) < 4.78 is 3.42. The Balaban J connectivity index is 1.78. The van der Waals surface area contributed by atoms with Crippen molar-refractivity contribution in [1.29, 1.82) is 0 Å². The fraction of sp³-hybridized carbons (Fsp3) is 0.211. The van der Waals surface area contributed by atoms with Crippen LogP contribution in [0, 0.1) is 6.92 Å². The molecule has 0 radical (unpaired) electrons. The second kappa shape index (κ2) is 6.05. The van der Waals surface area contributed by atoms with E-state index in [1.165, 1.54) is 4.52 Å². The molecule has 0 fully saturated rings. The van der Waals surface area contributed by atoms with Crippen LogP contribution in [0.2, 0.25) is 0 Å². The summed E-state index contributed by atoms with van der Waals surface area (Å²) in [6.45, 7) is 4.77. The van der Waals surface area contributed by atoms with Crippen molar-refractivity contribution in [2.75, 3.05) is 0 Å². The van der Waals surface area contributed by atoms with Gasteiger partial charge >= 0.3 is 0 Å². The SMILES string of the molecule is Cc1ccnn1C[C@@H](C)c1cc(=O)n2[nH]cc(-c3ccccc3)c2n1. The average molecular weight is 333 g/mol. The molecule has 0 saturated carbocycles. The molecule has 1 N–H and O–H groups in total. The van der Waals surface area contributed by atoms with Gasteiger partial charge in [-0.25, -0.2) is 9.50 Å². The van der Waals surface area contributed by atoms with Gasteiger partial charge in [-0.15, -0.1) is 0 Å². The Morgan fingerprint density at radius 2 is 2.00 bits per heavy atom. The van der Waals surface area contributed by atoms with Crippen molar-refractivity contribution in [3.63, 3.8) is 0 Å². The molecule has 0 amide bonds. The molecule has 0 bridgehead atoms. The molecule has 0 aliphatic heterocycles. The van der Waals surface area contributed by atoms with Crippen molar-refractivity contribution in [2.45, 2.75) is 26.3 Å². The smallest absolute Gasteiger partial charge is 0.272 e. The number of hydrogen-bond donors (Lipinski definition) is 1. The molecule has 0 aliphatic rings. The number of nitrogens with one attached hydrogen (secondary N) is 1. The highest BCUT2D eigenvalue weighted by Gasteiger charge is 2.15. The minimum atomic E-state index is -0.105. The third-order valence-corrected chi connectivity index (χ3v) is 4.48. The molecule has 1 aromatic carbocycles. The fourth-order valence-corrected chi connectivity index (χ4v) is 3.02. The summed E-state index contributed by atoms with van der Waals surface area (Å²) in [6, 6.07) is 13.5. The van der Waals surface area contributed by atoms with E-state index in [1.807, 2.05) is 54.2 Å². The van der Waals surface area contributed by atoms with E-state index in [2.05, 4.69) is 17.1 Å². The van der Waals surface area contributed by atoms with Crippen molar-refractivity contribution in [3.8, 4) is 11.1 Å². The van der Waals surface area contributed by atoms with E-state index in [0.717, 1.165) is 22.5 Å². The molecule has 3 aromatic heterocycles. The van der Waals surface area contributed by atoms with Crippen LogP contribution in [0.5, 0.6) is 0 Å². The quantitative estimate of drug-likeness (QED) is 0.624. The van der Waals surface area contributed by atoms with Gasteiger partial charge in [0.2, 0.25) is 0 Å². The number of aromatic amines is 1. The van der Waals surface area contributed by atoms with Gasteiger partial charge in [0.25, 0.3) is 5.56 Å². The highest BCUT2D eigenvalue weighted by Crippen LogP contribution is 2.23. The van der Waals surface area contributed by atoms with Gasteiger partial charge in [-0.1, -0.05) is 37.3 Å². The molecule has 4 aromatic rings. The lowest BCUT2D eigenvalue weighted by Gasteiger charge is -2.12. The number of benzene rings is 1. The maximum atomic E-state index is 12.5. The van der Waals surface area contributed by atoms with Crippen LogP contribution in [0.1, 0.15) is 24.2 Å². The van der Waals surface area contributed by atoms with Gasteiger partial charge in [0.15, 0.2) is 5.65 Å². The van der Waals surface area contributed by atoms with Crippen LogP contribution in [-0.4, -0.2) is 24.4 Å². The topological polar surface area (TPSA) is 68.0 Å². The molecule has 0 spiro atoms. The van der Waals surface area contributed by atoms with E-state index in [9.17, 15) is 4.79 Å². The van der Waals surface area contributed by atoms with Gasteiger partial charge in [-0.05, 0) is 18.6 Å². The van der Waals surface area contributed by atoms with Crippen LogP contribution >= 0.6 is 0 Å². The monoisotopic (exact) mass is 333 g/mol. The second-order valence-electron chi connectivity index (χ2n) is 6.29. The molecule has 6 nitrogen and oxygen atoms in total. The zero-order valence-corrected chi connectivity index (χ0v) is 14.2. The maximum Gasteiger partial charge on any atom is 0.272 e. The van der Waals surface area contributed by atoms with Gasteiger partial charge in [0, 0.05) is 42.2 Å². The Morgan fingerprint density at radius 1 is 1.20 bits per heavy atom. The van der Waals surface area contributed by atoms with E-state index >= 15 is 0 Å². The Morgan fingerprint density at radius 3 is 2.72 bits per heavy atom. The number of hydrogen-bond acceptors (Lipinski definition) is 3. The molecular weight excluding hydrogens is 314 g/mol. The number of fused-ring (bicyclic) bond motifs is 1. The first-order valence-electron chi connectivity index (χ1n) is 8.28. The molecule has 0 unspecified atom stereocenters. The summed E-state index contributed by atoms with van der Waals surface area (Å²) >= 11 is 0. The first kappa shape index (κ1) is 15.4. The van der Waals surface area contributed by atoms with Gasteiger partial charge in [-0.2, -0.15) is 5.10 Å². The van der Waals surface area contributed by atoms with Crippen molar-refractivity contribution in [1.82, 2.24) is 24.4 Å². The van der Waals surface area contributed by atoms with E-state index in [1.54, 1.807) is 12.3 Å². The zero-order valence-electron chi connectivity index (χ0n) is 14.2. The summed E-state index contributed by atoms with van der Waals surface area (Å²) in [7, 11) is 0. The molecule has 0 aliphatic carbocycles. The van der Waals surface area contributed by atoms with Gasteiger partial charge < -0.3 is 0 Å². The van der Waals surface area contributed by atoms with Crippen LogP contribution in [0.15, 0.2) is 59.7 Å². The normalized spacial score (nSPS) is 12.6. The second-order valence-corrected chi connectivity index (χ2v) is 6.29. The third kappa shape index (κ3) is 2.76. The number of H-pyrrole nitrogens is 1. The van der Waals surface area contributed by atoms with Gasteiger partial charge in [0.1, 0.15) is 0 Å². The van der Waals surface area contributed by atoms with Crippen molar-refractivity contribution in [3.05, 3.63) is 76.6 Å². The first-order valence-corrected chi connectivity index (χ1v) is 8.28. The van der Waals surface area contributed by atoms with Gasteiger partial charge in [-0.3, -0.25) is 14.6 Å². The number of aryl methyl sites for hydroxylation is 1. The highest BCUT2D eigenvalue weighted by molar-refractivity contribution is 5.76. The number of nitrogens with zero attached hydrogens (tertiary/aromatic N) is 4. The third-order valence-electron chi connectivity index (χ3n) is 4.48. The average Bonchev–Trinajstić information content (AvgIpc) is 3.22.